The summed E-state index contributed by atoms with van der Waals surface area (Å²) in [5.41, 5.74) is -0.982. The molecule has 6 nitrogen and oxygen atoms in total. The first-order valence-electron chi connectivity index (χ1n) is 5.12. The average Bonchev–Trinajstić information content (AvgIpc) is 2.25. The van der Waals surface area contributed by atoms with Crippen molar-refractivity contribution >= 4 is 33.8 Å². The summed E-state index contributed by atoms with van der Waals surface area (Å²) in [5, 5.41) is 19.0. The van der Waals surface area contributed by atoms with Gasteiger partial charge in [0.25, 0.3) is 5.91 Å². The van der Waals surface area contributed by atoms with Crippen molar-refractivity contribution in [2.45, 2.75) is 12.5 Å². The van der Waals surface area contributed by atoms with Crippen LogP contribution in [0.5, 0.6) is 0 Å². The average molecular weight is 352 g/mol. The van der Waals surface area contributed by atoms with Crippen LogP contribution in [0.25, 0.3) is 0 Å². The van der Waals surface area contributed by atoms with E-state index >= 15 is 0 Å². The fraction of sp³-hybridized carbons (Fsp3) is 0.182. The Morgan fingerprint density at radius 3 is 2.10 bits per heavy atom. The van der Waals surface area contributed by atoms with Crippen molar-refractivity contribution in [1.82, 2.24) is 5.32 Å². The molecule has 0 radical (unpaired) electrons. The Hall–Kier alpha value is -2.03. The second kappa shape index (κ2) is 6.42. The smallest absolute Gasteiger partial charge is 0.326 e. The Bertz CT molecular complexity index is 555. The lowest BCUT2D eigenvalue weighted by atomic mass is 10.1. The van der Waals surface area contributed by atoms with Crippen molar-refractivity contribution < 1.29 is 33.4 Å². The predicted octanol–water partition coefficient (Wildman–Crippen LogP) is 1.39. The summed E-state index contributed by atoms with van der Waals surface area (Å²) in [5.74, 6) is -6.85. The molecule has 108 valence electrons. The number of carbonyl (C=O) groups excluding carboxylic acids is 1. The van der Waals surface area contributed by atoms with E-state index in [4.69, 9.17) is 10.2 Å². The Balaban J connectivity index is 3.01. The van der Waals surface area contributed by atoms with Crippen LogP contribution in [0.3, 0.4) is 0 Å². The van der Waals surface area contributed by atoms with Crippen LogP contribution in [0, 0.1) is 11.6 Å². The van der Waals surface area contributed by atoms with Gasteiger partial charge in [-0.15, -0.1) is 0 Å². The number of carboxylic acid groups (broad SMARTS) is 2. The number of aliphatic carboxylic acids is 2. The number of rotatable bonds is 5. The molecule has 1 amide bonds. The molecule has 0 aliphatic rings. The zero-order valence-electron chi connectivity index (χ0n) is 9.69. The summed E-state index contributed by atoms with van der Waals surface area (Å²) in [6, 6.07) is -0.141. The molecule has 1 unspecified atom stereocenters. The molecule has 1 rings (SSSR count). The van der Waals surface area contributed by atoms with Gasteiger partial charge in [-0.25, -0.2) is 13.6 Å². The largest absolute Gasteiger partial charge is 0.481 e. The number of benzene rings is 1. The fourth-order valence-corrected chi connectivity index (χ4v) is 1.77. The van der Waals surface area contributed by atoms with Gasteiger partial charge < -0.3 is 15.5 Å². The van der Waals surface area contributed by atoms with Gasteiger partial charge in [0.15, 0.2) is 0 Å². The topological polar surface area (TPSA) is 104 Å². The van der Waals surface area contributed by atoms with E-state index in [9.17, 15) is 23.2 Å². The molecule has 0 bridgehead atoms. The second-order valence-corrected chi connectivity index (χ2v) is 4.62. The predicted molar refractivity (Wildman–Crippen MR) is 65.2 cm³/mol. The first kappa shape index (κ1) is 16.0. The molecule has 1 aromatic rings. The fourth-order valence-electron chi connectivity index (χ4n) is 1.36. The molecule has 20 heavy (non-hydrogen) atoms. The van der Waals surface area contributed by atoms with Crippen LogP contribution >= 0.6 is 15.9 Å². The van der Waals surface area contributed by atoms with Gasteiger partial charge in [0.2, 0.25) is 0 Å². The lowest BCUT2D eigenvalue weighted by Gasteiger charge is -2.13. The highest BCUT2D eigenvalue weighted by Crippen LogP contribution is 2.19. The minimum atomic E-state index is -1.79. The highest BCUT2D eigenvalue weighted by atomic mass is 79.9. The number of halogens is 3. The number of amides is 1. The van der Waals surface area contributed by atoms with Gasteiger partial charge in [0.05, 0.1) is 6.42 Å². The van der Waals surface area contributed by atoms with Gasteiger partial charge in [-0.05, 0) is 12.1 Å². The zero-order valence-corrected chi connectivity index (χ0v) is 11.3. The van der Waals surface area contributed by atoms with E-state index in [1.807, 2.05) is 0 Å². The summed E-state index contributed by atoms with van der Waals surface area (Å²) in [6.45, 7) is 0. The van der Waals surface area contributed by atoms with E-state index in [0.29, 0.717) is 0 Å². The summed E-state index contributed by atoms with van der Waals surface area (Å²) >= 11 is 2.82. The molecule has 0 spiro atoms. The molecule has 0 saturated heterocycles. The molecule has 0 fully saturated rings. The van der Waals surface area contributed by atoms with Crippen LogP contribution in [-0.4, -0.2) is 34.1 Å². The maximum absolute atomic E-state index is 13.5. The van der Waals surface area contributed by atoms with E-state index in [0.717, 1.165) is 12.1 Å². The monoisotopic (exact) mass is 351 g/mol. The lowest BCUT2D eigenvalue weighted by Crippen LogP contribution is -2.42. The number of carboxylic acids is 2. The highest BCUT2D eigenvalue weighted by molar-refractivity contribution is 9.10. The summed E-state index contributed by atoms with van der Waals surface area (Å²) in [6.07, 6.45) is -0.916. The van der Waals surface area contributed by atoms with Crippen LogP contribution < -0.4 is 5.32 Å². The first-order chi connectivity index (χ1) is 9.22. The SMILES string of the molecule is O=C(O)CC(NC(=O)c1c(F)cc(Br)cc1F)C(=O)O. The van der Waals surface area contributed by atoms with Crippen molar-refractivity contribution in [3.63, 3.8) is 0 Å². The van der Waals surface area contributed by atoms with Crippen molar-refractivity contribution in [3.8, 4) is 0 Å². The molecule has 0 aliphatic heterocycles. The quantitative estimate of drug-likeness (QED) is 0.743. The highest BCUT2D eigenvalue weighted by Gasteiger charge is 2.26. The molecular weight excluding hydrogens is 344 g/mol. The Kier molecular flexibility index (Phi) is 5.14. The maximum Gasteiger partial charge on any atom is 0.326 e. The summed E-state index contributed by atoms with van der Waals surface area (Å²) < 4.78 is 27.0. The van der Waals surface area contributed by atoms with E-state index in [1.54, 1.807) is 5.32 Å². The minimum Gasteiger partial charge on any atom is -0.481 e. The van der Waals surface area contributed by atoms with Crippen LogP contribution in [0.15, 0.2) is 16.6 Å². The Morgan fingerprint density at radius 2 is 1.70 bits per heavy atom. The number of hydrogen-bond donors (Lipinski definition) is 3. The zero-order chi connectivity index (χ0) is 15.4. The molecule has 0 aliphatic carbocycles. The van der Waals surface area contributed by atoms with E-state index < -0.39 is 47.5 Å². The third kappa shape index (κ3) is 3.98. The molecular formula is C11H8BrF2NO5. The van der Waals surface area contributed by atoms with Gasteiger partial charge in [-0.2, -0.15) is 0 Å². The van der Waals surface area contributed by atoms with Crippen molar-refractivity contribution in [2.75, 3.05) is 0 Å². The van der Waals surface area contributed by atoms with Gasteiger partial charge in [-0.3, -0.25) is 9.59 Å². The molecule has 3 N–H and O–H groups in total. The Labute approximate surface area is 119 Å². The van der Waals surface area contributed by atoms with Crippen LogP contribution in [0.4, 0.5) is 8.78 Å². The third-order valence-electron chi connectivity index (χ3n) is 2.22. The molecule has 1 aromatic carbocycles. The van der Waals surface area contributed by atoms with Crippen LogP contribution in [-0.2, 0) is 9.59 Å². The van der Waals surface area contributed by atoms with E-state index in [1.165, 1.54) is 0 Å². The summed E-state index contributed by atoms with van der Waals surface area (Å²) in [4.78, 5) is 32.8. The molecule has 0 saturated carbocycles. The van der Waals surface area contributed by atoms with E-state index in [-0.39, 0.29) is 4.47 Å². The molecule has 9 heteroatoms. The van der Waals surface area contributed by atoms with Gasteiger partial charge >= 0.3 is 11.9 Å². The molecule has 0 aromatic heterocycles. The standard InChI is InChI=1S/C11H8BrF2NO5/c12-4-1-5(13)9(6(14)2-4)10(18)15-7(11(19)20)3-8(16)17/h1-2,7H,3H2,(H,15,18)(H,16,17)(H,19,20). The number of carbonyl (C=O) groups is 3. The Morgan fingerprint density at radius 1 is 1.20 bits per heavy atom. The maximum atomic E-state index is 13.5. The number of hydrogen-bond acceptors (Lipinski definition) is 3. The van der Waals surface area contributed by atoms with Gasteiger partial charge in [0, 0.05) is 4.47 Å². The van der Waals surface area contributed by atoms with Crippen molar-refractivity contribution in [2.24, 2.45) is 0 Å². The third-order valence-corrected chi connectivity index (χ3v) is 2.67. The minimum absolute atomic E-state index is 0.0596. The molecule has 0 heterocycles. The van der Waals surface area contributed by atoms with Crippen LogP contribution in [0.1, 0.15) is 16.8 Å². The number of nitrogens with one attached hydrogen (secondary N) is 1. The van der Waals surface area contributed by atoms with E-state index in [2.05, 4.69) is 15.9 Å². The second-order valence-electron chi connectivity index (χ2n) is 3.71. The molecule has 1 atom stereocenters. The van der Waals surface area contributed by atoms with Crippen LogP contribution in [0.2, 0.25) is 0 Å². The normalized spacial score (nSPS) is 11.8. The summed E-state index contributed by atoms with van der Waals surface area (Å²) in [7, 11) is 0. The van der Waals surface area contributed by atoms with Gasteiger partial charge in [0.1, 0.15) is 23.2 Å². The van der Waals surface area contributed by atoms with Gasteiger partial charge in [-0.1, -0.05) is 15.9 Å². The van der Waals surface area contributed by atoms with Crippen molar-refractivity contribution in [3.05, 3.63) is 33.8 Å². The first-order valence-corrected chi connectivity index (χ1v) is 5.91. The lowest BCUT2D eigenvalue weighted by molar-refractivity contribution is -0.145. The van der Waals surface area contributed by atoms with Crippen molar-refractivity contribution in [1.29, 1.82) is 0 Å².